The van der Waals surface area contributed by atoms with Crippen LogP contribution in [0.2, 0.25) is 0 Å². The number of rotatable bonds is 4. The van der Waals surface area contributed by atoms with Gasteiger partial charge in [0.05, 0.1) is 13.5 Å². The Morgan fingerprint density at radius 3 is 2.50 bits per heavy atom. The van der Waals surface area contributed by atoms with E-state index < -0.39 is 0 Å². The number of hydrogen-bond acceptors (Lipinski definition) is 3. The van der Waals surface area contributed by atoms with Gasteiger partial charge in [-0.15, -0.1) is 0 Å². The fourth-order valence-corrected chi connectivity index (χ4v) is 2.10. The summed E-state index contributed by atoms with van der Waals surface area (Å²) in [5.41, 5.74) is 0.0787. The van der Waals surface area contributed by atoms with Crippen molar-refractivity contribution in [1.82, 2.24) is 5.32 Å². The van der Waals surface area contributed by atoms with Crippen molar-refractivity contribution in [3.8, 4) is 0 Å². The Hall–Kier alpha value is -1.06. The van der Waals surface area contributed by atoms with E-state index in [2.05, 4.69) is 30.8 Å². The minimum atomic E-state index is -0.290. The van der Waals surface area contributed by atoms with Gasteiger partial charge in [-0.2, -0.15) is 0 Å². The quantitative estimate of drug-likeness (QED) is 0.737. The van der Waals surface area contributed by atoms with Crippen molar-refractivity contribution in [2.45, 2.75) is 33.6 Å². The van der Waals surface area contributed by atoms with Gasteiger partial charge in [-0.1, -0.05) is 20.8 Å². The van der Waals surface area contributed by atoms with Crippen LogP contribution in [0.4, 0.5) is 0 Å². The lowest BCUT2D eigenvalue weighted by Crippen LogP contribution is -2.51. The highest BCUT2D eigenvalue weighted by Gasteiger charge is 2.48. The molecular weight excluding hydrogens is 206 g/mol. The highest BCUT2D eigenvalue weighted by atomic mass is 16.5. The molecule has 1 aliphatic rings. The normalized spacial score (nSPS) is 26.8. The van der Waals surface area contributed by atoms with Crippen LogP contribution in [0.5, 0.6) is 0 Å². The van der Waals surface area contributed by atoms with Crippen molar-refractivity contribution in [3.05, 3.63) is 0 Å². The second-order valence-electron chi connectivity index (χ2n) is 5.13. The van der Waals surface area contributed by atoms with Gasteiger partial charge in [-0.3, -0.25) is 9.59 Å². The van der Waals surface area contributed by atoms with Gasteiger partial charge in [0.15, 0.2) is 0 Å². The van der Waals surface area contributed by atoms with Crippen LogP contribution in [-0.2, 0) is 14.3 Å². The standard InChI is InChI=1S/C12H21NO3/c1-8-7-9(12(8,2)3)11(15)13-6-5-10(14)16-4/h8-9H,5-7H2,1-4H3,(H,13,15)/t8-,9-/m1/s1. The minimum Gasteiger partial charge on any atom is -0.469 e. The van der Waals surface area contributed by atoms with Crippen molar-refractivity contribution < 1.29 is 14.3 Å². The molecule has 0 aliphatic heterocycles. The molecule has 0 aromatic carbocycles. The third kappa shape index (κ3) is 2.54. The molecule has 0 heterocycles. The first-order valence-electron chi connectivity index (χ1n) is 5.74. The minimum absolute atomic E-state index is 0.0620. The van der Waals surface area contributed by atoms with Gasteiger partial charge in [0.1, 0.15) is 0 Å². The van der Waals surface area contributed by atoms with Gasteiger partial charge in [-0.05, 0) is 17.8 Å². The first-order valence-corrected chi connectivity index (χ1v) is 5.74. The van der Waals surface area contributed by atoms with Gasteiger partial charge in [0.25, 0.3) is 0 Å². The molecule has 0 saturated heterocycles. The van der Waals surface area contributed by atoms with Gasteiger partial charge < -0.3 is 10.1 Å². The number of methoxy groups -OCH3 is 1. The molecule has 0 bridgehead atoms. The molecule has 0 radical (unpaired) electrons. The number of amides is 1. The van der Waals surface area contributed by atoms with Crippen LogP contribution < -0.4 is 5.32 Å². The number of nitrogens with one attached hydrogen (secondary N) is 1. The molecule has 4 nitrogen and oxygen atoms in total. The first kappa shape index (κ1) is 13.0. The zero-order chi connectivity index (χ0) is 12.3. The van der Waals surface area contributed by atoms with Crippen molar-refractivity contribution in [2.24, 2.45) is 17.3 Å². The fraction of sp³-hybridized carbons (Fsp3) is 0.833. The van der Waals surface area contributed by atoms with Crippen molar-refractivity contribution in [2.75, 3.05) is 13.7 Å². The zero-order valence-electron chi connectivity index (χ0n) is 10.5. The lowest BCUT2D eigenvalue weighted by molar-refractivity contribution is -0.141. The summed E-state index contributed by atoms with van der Waals surface area (Å²) in [4.78, 5) is 22.6. The molecule has 16 heavy (non-hydrogen) atoms. The highest BCUT2D eigenvalue weighted by molar-refractivity contribution is 5.81. The number of hydrogen-bond donors (Lipinski definition) is 1. The maximum Gasteiger partial charge on any atom is 0.307 e. The average molecular weight is 227 g/mol. The van der Waals surface area contributed by atoms with Crippen molar-refractivity contribution >= 4 is 11.9 Å². The predicted molar refractivity (Wildman–Crippen MR) is 60.7 cm³/mol. The largest absolute Gasteiger partial charge is 0.469 e. The maximum atomic E-state index is 11.8. The summed E-state index contributed by atoms with van der Waals surface area (Å²) in [7, 11) is 1.35. The number of carbonyl (C=O) groups is 2. The average Bonchev–Trinajstić information content (AvgIpc) is 2.25. The molecule has 1 aliphatic carbocycles. The van der Waals surface area contributed by atoms with Crippen molar-refractivity contribution in [3.63, 3.8) is 0 Å². The third-order valence-electron chi connectivity index (χ3n) is 3.93. The topological polar surface area (TPSA) is 55.4 Å². The maximum absolute atomic E-state index is 11.8. The van der Waals surface area contributed by atoms with Crippen LogP contribution in [0.3, 0.4) is 0 Å². The number of carbonyl (C=O) groups excluding carboxylic acids is 2. The summed E-state index contributed by atoms with van der Waals surface area (Å²) < 4.78 is 4.50. The van der Waals surface area contributed by atoms with Gasteiger partial charge >= 0.3 is 5.97 Å². The molecule has 1 saturated carbocycles. The first-order chi connectivity index (χ1) is 7.39. The van der Waals surface area contributed by atoms with E-state index in [4.69, 9.17) is 0 Å². The van der Waals surface area contributed by atoms with Gasteiger partial charge in [0.2, 0.25) is 5.91 Å². The molecule has 92 valence electrons. The monoisotopic (exact) mass is 227 g/mol. The second kappa shape index (κ2) is 4.85. The molecule has 1 rings (SSSR count). The van der Waals surface area contributed by atoms with E-state index in [-0.39, 0.29) is 29.6 Å². The Kier molecular flexibility index (Phi) is 3.94. The van der Waals surface area contributed by atoms with E-state index in [0.29, 0.717) is 12.5 Å². The zero-order valence-corrected chi connectivity index (χ0v) is 10.5. The molecule has 0 unspecified atom stereocenters. The van der Waals surface area contributed by atoms with Crippen LogP contribution in [-0.4, -0.2) is 25.5 Å². The van der Waals surface area contributed by atoms with Crippen molar-refractivity contribution in [1.29, 1.82) is 0 Å². The van der Waals surface area contributed by atoms with Gasteiger partial charge in [-0.25, -0.2) is 0 Å². The van der Waals surface area contributed by atoms with Crippen LogP contribution in [0.1, 0.15) is 33.6 Å². The van der Waals surface area contributed by atoms with Crippen LogP contribution in [0.25, 0.3) is 0 Å². The van der Waals surface area contributed by atoms with E-state index in [9.17, 15) is 9.59 Å². The molecule has 2 atom stereocenters. The lowest BCUT2D eigenvalue weighted by atomic mass is 9.55. The number of esters is 1. The lowest BCUT2D eigenvalue weighted by Gasteiger charge is -2.49. The van der Waals surface area contributed by atoms with E-state index in [1.165, 1.54) is 7.11 Å². The van der Waals surface area contributed by atoms with E-state index in [1.54, 1.807) is 0 Å². The Balaban J connectivity index is 2.29. The Bertz CT molecular complexity index is 286. The van der Waals surface area contributed by atoms with E-state index >= 15 is 0 Å². The number of ether oxygens (including phenoxy) is 1. The van der Waals surface area contributed by atoms with E-state index in [0.717, 1.165) is 6.42 Å². The SMILES string of the molecule is COC(=O)CCNC(=O)[C@H]1C[C@@H](C)C1(C)C. The molecule has 1 fully saturated rings. The van der Waals surface area contributed by atoms with Crippen LogP contribution >= 0.6 is 0 Å². The summed E-state index contributed by atoms with van der Waals surface area (Å²) >= 11 is 0. The molecule has 4 heteroatoms. The Morgan fingerprint density at radius 2 is 2.06 bits per heavy atom. The summed E-state index contributed by atoms with van der Waals surface area (Å²) in [5.74, 6) is 0.442. The van der Waals surface area contributed by atoms with Crippen LogP contribution in [0.15, 0.2) is 0 Å². The highest BCUT2D eigenvalue weighted by Crippen LogP contribution is 2.50. The van der Waals surface area contributed by atoms with Crippen LogP contribution in [0, 0.1) is 17.3 Å². The predicted octanol–water partition coefficient (Wildman–Crippen LogP) is 1.35. The molecular formula is C12H21NO3. The smallest absolute Gasteiger partial charge is 0.307 e. The molecule has 0 aromatic heterocycles. The fourth-order valence-electron chi connectivity index (χ4n) is 2.10. The summed E-state index contributed by atoms with van der Waals surface area (Å²) in [6.45, 7) is 6.77. The molecule has 0 aromatic rings. The van der Waals surface area contributed by atoms with Gasteiger partial charge in [0, 0.05) is 12.5 Å². The summed E-state index contributed by atoms with van der Waals surface area (Å²) in [6.07, 6.45) is 1.18. The second-order valence-corrected chi connectivity index (χ2v) is 5.13. The summed E-state index contributed by atoms with van der Waals surface area (Å²) in [5, 5.41) is 2.79. The Labute approximate surface area is 96.7 Å². The Morgan fingerprint density at radius 1 is 1.44 bits per heavy atom. The molecule has 1 N–H and O–H groups in total. The third-order valence-corrected chi connectivity index (χ3v) is 3.93. The molecule has 0 spiro atoms. The van der Waals surface area contributed by atoms with E-state index in [1.807, 2.05) is 0 Å². The molecule has 1 amide bonds. The summed E-state index contributed by atoms with van der Waals surface area (Å²) in [6, 6.07) is 0.